The Bertz CT molecular complexity index is 624. The topological polar surface area (TPSA) is 175 Å². The summed E-state index contributed by atoms with van der Waals surface area (Å²) < 4.78 is 32.6. The van der Waals surface area contributed by atoms with Crippen LogP contribution in [0.25, 0.3) is 0 Å². The molecular weight excluding hydrogens is 328 g/mol. The van der Waals surface area contributed by atoms with Crippen LogP contribution in [0.1, 0.15) is 33.1 Å². The number of carbonyl (C=O) groups excluding carboxylic acids is 5. The molecule has 0 aromatic rings. The third-order valence-corrected chi connectivity index (χ3v) is 3.12. The minimum Gasteiger partial charge on any atom is -0.435 e. The third kappa shape index (κ3) is 3.56. The molecule has 4 N–H and O–H groups in total. The molecule has 0 aliphatic carbocycles. The zero-order chi connectivity index (χ0) is 22.3. The highest BCUT2D eigenvalue weighted by atomic mass is 16.6. The summed E-state index contributed by atoms with van der Waals surface area (Å²) in [5.41, 5.74) is -7.63. The van der Waals surface area contributed by atoms with Crippen LogP contribution in [0.4, 0.5) is 0 Å². The van der Waals surface area contributed by atoms with Gasteiger partial charge in [0.05, 0.1) is 6.61 Å². The number of ketones is 4. The highest BCUT2D eigenvalue weighted by molar-refractivity contribution is 6.33. The van der Waals surface area contributed by atoms with Crippen molar-refractivity contribution >= 4 is 29.1 Å². The van der Waals surface area contributed by atoms with Crippen molar-refractivity contribution in [2.45, 2.75) is 51.0 Å². The summed E-state index contributed by atoms with van der Waals surface area (Å²) in [5.74, 6) is -9.40. The SMILES string of the molecule is [2H]CC(=O)OC(C(=O)C[2H])(C(=O)C[2H])C(=O)[C@](O)(C(=O)C[2H])[C@H](O)[C@H](O)CO. The van der Waals surface area contributed by atoms with Crippen LogP contribution in [0.3, 0.4) is 0 Å². The Hall–Kier alpha value is -2.01. The molecule has 0 radical (unpaired) electrons. The molecule has 24 heavy (non-hydrogen) atoms. The van der Waals surface area contributed by atoms with E-state index in [1.54, 1.807) is 0 Å². The first-order valence-electron chi connectivity index (χ1n) is 9.01. The number of carbonyl (C=O) groups is 5. The van der Waals surface area contributed by atoms with E-state index < -0.39 is 86.7 Å². The molecule has 0 aliphatic heterocycles. The summed E-state index contributed by atoms with van der Waals surface area (Å²) in [7, 11) is 0. The van der Waals surface area contributed by atoms with Gasteiger partial charge in [-0.2, -0.15) is 0 Å². The first-order valence-corrected chi connectivity index (χ1v) is 6.18. The van der Waals surface area contributed by atoms with Gasteiger partial charge in [0.25, 0.3) is 5.60 Å². The fraction of sp³-hybridized carbons (Fsp3) is 0.643. The van der Waals surface area contributed by atoms with Gasteiger partial charge >= 0.3 is 5.97 Å². The lowest BCUT2D eigenvalue weighted by Gasteiger charge is -2.37. The summed E-state index contributed by atoms with van der Waals surface area (Å²) in [6.45, 7) is -6.78. The van der Waals surface area contributed by atoms with E-state index in [-0.39, 0.29) is 0 Å². The van der Waals surface area contributed by atoms with Gasteiger partial charge in [0.2, 0.25) is 11.4 Å². The van der Waals surface area contributed by atoms with Crippen molar-refractivity contribution in [1.29, 1.82) is 0 Å². The van der Waals surface area contributed by atoms with Gasteiger partial charge in [0.15, 0.2) is 17.3 Å². The Balaban J connectivity index is 6.90. The van der Waals surface area contributed by atoms with E-state index >= 15 is 0 Å². The van der Waals surface area contributed by atoms with Crippen LogP contribution in [-0.4, -0.2) is 79.5 Å². The van der Waals surface area contributed by atoms with Crippen molar-refractivity contribution < 1.29 is 54.6 Å². The van der Waals surface area contributed by atoms with E-state index in [1.807, 2.05) is 0 Å². The maximum absolute atomic E-state index is 12.9. The molecule has 10 nitrogen and oxygen atoms in total. The predicted octanol–water partition coefficient (Wildman–Crippen LogP) is -2.93. The molecule has 0 rings (SSSR count). The average Bonchev–Trinajstić information content (AvgIpc) is 2.72. The molecule has 0 amide bonds. The maximum atomic E-state index is 12.9. The van der Waals surface area contributed by atoms with Gasteiger partial charge in [-0.05, 0) is 20.7 Å². The standard InChI is InChI=1S/C14H20O10/c1-6(16)13(23,11(21)10(20)5-15)12(22)14(7(2)17,8(3)18)24-9(4)19/h10-11,15,20-21,23H,5H2,1-4H3/t10-,11-,13+/m1/s1/i1D,2D,3D,4D. The molecular formula is C14H20O10. The third-order valence-electron chi connectivity index (χ3n) is 3.12. The number of hydrogen-bond acceptors (Lipinski definition) is 10. The molecule has 3 atom stereocenters. The Morgan fingerprint density at radius 3 is 1.88 bits per heavy atom. The van der Waals surface area contributed by atoms with Gasteiger partial charge in [-0.25, -0.2) is 0 Å². The average molecular weight is 352 g/mol. The number of hydrogen-bond donors (Lipinski definition) is 4. The van der Waals surface area contributed by atoms with Gasteiger partial charge in [0, 0.05) is 12.4 Å². The molecule has 0 fully saturated rings. The van der Waals surface area contributed by atoms with Gasteiger partial charge in [-0.15, -0.1) is 0 Å². The normalized spacial score (nSPS) is 18.7. The molecule has 10 heteroatoms. The van der Waals surface area contributed by atoms with E-state index in [2.05, 4.69) is 4.74 Å². The van der Waals surface area contributed by atoms with Crippen LogP contribution in [0.5, 0.6) is 0 Å². The molecule has 0 unspecified atom stereocenters. The second-order valence-corrected chi connectivity index (χ2v) is 4.72. The van der Waals surface area contributed by atoms with Crippen molar-refractivity contribution in [2.24, 2.45) is 0 Å². The van der Waals surface area contributed by atoms with E-state index in [4.69, 9.17) is 10.6 Å². The zero-order valence-electron chi connectivity index (χ0n) is 16.4. The van der Waals surface area contributed by atoms with Gasteiger partial charge < -0.3 is 25.2 Å². The number of Topliss-reactive ketones (excluding diaryl/α,β-unsaturated/α-hetero) is 4. The first-order chi connectivity index (χ1) is 12.9. The summed E-state index contributed by atoms with van der Waals surface area (Å²) in [4.78, 5) is 61.0. The van der Waals surface area contributed by atoms with Crippen LogP contribution < -0.4 is 0 Å². The molecule has 0 spiro atoms. The van der Waals surface area contributed by atoms with Crippen molar-refractivity contribution in [3.63, 3.8) is 0 Å². The fourth-order valence-electron chi connectivity index (χ4n) is 1.81. The summed E-state index contributed by atoms with van der Waals surface area (Å²) in [6.07, 6.45) is -5.24. The zero-order valence-corrected chi connectivity index (χ0v) is 12.4. The maximum Gasteiger partial charge on any atom is 0.304 e. The quantitative estimate of drug-likeness (QED) is 0.248. The molecule has 0 heterocycles. The molecule has 0 aromatic heterocycles. The smallest absolute Gasteiger partial charge is 0.304 e. The lowest BCUT2D eigenvalue weighted by atomic mass is 9.74. The Kier molecular flexibility index (Phi) is 4.98. The van der Waals surface area contributed by atoms with Crippen LogP contribution in [0, 0.1) is 0 Å². The van der Waals surface area contributed by atoms with Crippen LogP contribution in [-0.2, 0) is 28.7 Å². The Morgan fingerprint density at radius 2 is 1.50 bits per heavy atom. The largest absolute Gasteiger partial charge is 0.435 e. The number of aliphatic hydroxyl groups excluding tert-OH is 3. The number of esters is 1. The molecule has 136 valence electrons. The summed E-state index contributed by atoms with van der Waals surface area (Å²) >= 11 is 0. The van der Waals surface area contributed by atoms with E-state index in [9.17, 15) is 39.3 Å². The number of ether oxygens (including phenoxy) is 1. The summed E-state index contributed by atoms with van der Waals surface area (Å²) in [6, 6.07) is 0. The molecule has 0 aliphatic rings. The van der Waals surface area contributed by atoms with Gasteiger partial charge in [-0.1, -0.05) is 0 Å². The highest BCUT2D eigenvalue weighted by Crippen LogP contribution is 2.28. The molecule has 0 saturated heterocycles. The number of rotatable bonds is 9. The second-order valence-electron chi connectivity index (χ2n) is 4.72. The lowest BCUT2D eigenvalue weighted by molar-refractivity contribution is -0.193. The van der Waals surface area contributed by atoms with Crippen LogP contribution in [0.15, 0.2) is 0 Å². The van der Waals surface area contributed by atoms with E-state index in [0.29, 0.717) is 0 Å². The first kappa shape index (κ1) is 15.5. The minimum atomic E-state index is -3.89. The van der Waals surface area contributed by atoms with Crippen LogP contribution in [0.2, 0.25) is 0 Å². The van der Waals surface area contributed by atoms with Crippen molar-refractivity contribution in [3.05, 3.63) is 0 Å². The monoisotopic (exact) mass is 352 g/mol. The van der Waals surface area contributed by atoms with Crippen molar-refractivity contribution in [2.75, 3.05) is 6.61 Å². The molecule has 0 bridgehead atoms. The van der Waals surface area contributed by atoms with Gasteiger partial charge in [0.1, 0.15) is 12.2 Å². The van der Waals surface area contributed by atoms with Crippen molar-refractivity contribution in [1.82, 2.24) is 0 Å². The minimum absolute atomic E-state index is 1.24. The second kappa shape index (κ2) is 7.71. The number of aliphatic hydroxyl groups is 4. The van der Waals surface area contributed by atoms with E-state index in [1.165, 1.54) is 0 Å². The van der Waals surface area contributed by atoms with Crippen LogP contribution >= 0.6 is 0 Å². The fourth-order valence-corrected chi connectivity index (χ4v) is 1.81. The molecule has 0 aromatic carbocycles. The molecule has 0 saturated carbocycles. The van der Waals surface area contributed by atoms with Gasteiger partial charge in [-0.3, -0.25) is 24.0 Å². The predicted molar refractivity (Wildman–Crippen MR) is 75.6 cm³/mol. The Morgan fingerprint density at radius 1 is 1.00 bits per heavy atom. The Labute approximate surface area is 142 Å². The highest BCUT2D eigenvalue weighted by Gasteiger charge is 2.64. The lowest BCUT2D eigenvalue weighted by Crippen LogP contribution is -2.70. The van der Waals surface area contributed by atoms with E-state index in [0.717, 1.165) is 0 Å². The summed E-state index contributed by atoms with van der Waals surface area (Å²) in [5, 5.41) is 39.0. The van der Waals surface area contributed by atoms with Crippen molar-refractivity contribution in [3.8, 4) is 0 Å².